The van der Waals surface area contributed by atoms with Gasteiger partial charge in [0.2, 0.25) is 0 Å². The number of amides is 1. The zero-order valence-electron chi connectivity index (χ0n) is 15.7. The number of aryl methyl sites for hydroxylation is 1. The van der Waals surface area contributed by atoms with Gasteiger partial charge in [0.25, 0.3) is 0 Å². The number of benzene rings is 2. The molecule has 2 heterocycles. The lowest BCUT2D eigenvalue weighted by molar-refractivity contribution is 0.199. The molecular weight excluding hydrogens is 375 g/mol. The Bertz CT molecular complexity index is 1190. The van der Waals surface area contributed by atoms with Gasteiger partial charge in [-0.2, -0.15) is 15.1 Å². The molecule has 9 heteroatoms. The van der Waals surface area contributed by atoms with Gasteiger partial charge in [0.05, 0.1) is 10.9 Å². The highest BCUT2D eigenvalue weighted by Gasteiger charge is 2.16. The first-order valence-corrected chi connectivity index (χ1v) is 8.79. The Morgan fingerprint density at radius 2 is 1.93 bits per heavy atom. The van der Waals surface area contributed by atoms with Crippen molar-refractivity contribution in [2.75, 3.05) is 12.4 Å². The van der Waals surface area contributed by atoms with E-state index in [0.29, 0.717) is 22.5 Å². The van der Waals surface area contributed by atoms with E-state index in [4.69, 9.17) is 4.74 Å². The van der Waals surface area contributed by atoms with Crippen molar-refractivity contribution in [2.24, 2.45) is 0 Å². The molecule has 2 aromatic carbocycles. The molecule has 29 heavy (non-hydrogen) atoms. The molecule has 0 aliphatic rings. The van der Waals surface area contributed by atoms with E-state index in [0.717, 1.165) is 16.8 Å². The van der Waals surface area contributed by atoms with E-state index in [9.17, 15) is 9.18 Å². The topological polar surface area (TPSA) is 105 Å². The van der Waals surface area contributed by atoms with Gasteiger partial charge in [-0.1, -0.05) is 24.3 Å². The van der Waals surface area contributed by atoms with Crippen LogP contribution in [-0.2, 0) is 0 Å². The van der Waals surface area contributed by atoms with E-state index in [1.54, 1.807) is 18.2 Å². The molecule has 0 aliphatic heterocycles. The average molecular weight is 392 g/mol. The number of hydrogen-bond donors (Lipinski definition) is 3. The van der Waals surface area contributed by atoms with Gasteiger partial charge < -0.3 is 15.4 Å². The molecule has 0 saturated heterocycles. The maximum Gasteiger partial charge on any atom is 0.414 e. The number of H-pyrrole nitrogens is 1. The fourth-order valence-electron chi connectivity index (χ4n) is 2.91. The van der Waals surface area contributed by atoms with Crippen molar-refractivity contribution in [1.29, 1.82) is 0 Å². The highest BCUT2D eigenvalue weighted by molar-refractivity contribution is 6.02. The number of nitrogens with one attached hydrogen (secondary N) is 3. The third kappa shape index (κ3) is 3.84. The van der Waals surface area contributed by atoms with Gasteiger partial charge in [0.15, 0.2) is 5.82 Å². The van der Waals surface area contributed by atoms with E-state index in [-0.39, 0.29) is 11.8 Å². The van der Waals surface area contributed by atoms with Crippen LogP contribution in [0.4, 0.5) is 20.8 Å². The number of aromatic amines is 1. The zero-order chi connectivity index (χ0) is 20.4. The van der Waals surface area contributed by atoms with Crippen molar-refractivity contribution in [3.05, 3.63) is 60.0 Å². The summed E-state index contributed by atoms with van der Waals surface area (Å²) >= 11 is 0. The first-order valence-electron chi connectivity index (χ1n) is 8.79. The Morgan fingerprint density at radius 1 is 1.14 bits per heavy atom. The fraction of sp³-hybridized carbons (Fsp3) is 0.100. The van der Waals surface area contributed by atoms with E-state index in [2.05, 4.69) is 30.8 Å². The van der Waals surface area contributed by atoms with Gasteiger partial charge in [-0.25, -0.2) is 9.18 Å². The van der Waals surface area contributed by atoms with Crippen molar-refractivity contribution < 1.29 is 13.9 Å². The molecule has 3 N–H and O–H groups in total. The molecule has 0 atom stereocenters. The van der Waals surface area contributed by atoms with E-state index in [1.807, 2.05) is 25.1 Å². The van der Waals surface area contributed by atoms with Crippen LogP contribution < -0.4 is 15.4 Å². The van der Waals surface area contributed by atoms with Gasteiger partial charge in [0, 0.05) is 18.8 Å². The monoisotopic (exact) mass is 392 g/mol. The number of halogens is 1. The Kier molecular flexibility index (Phi) is 4.78. The number of ether oxygens (including phenoxy) is 1. The first-order chi connectivity index (χ1) is 14.0. The first kappa shape index (κ1) is 18.4. The lowest BCUT2D eigenvalue weighted by atomic mass is 10.0. The van der Waals surface area contributed by atoms with E-state index >= 15 is 0 Å². The summed E-state index contributed by atoms with van der Waals surface area (Å²) < 4.78 is 18.5. The summed E-state index contributed by atoms with van der Waals surface area (Å²) in [6.45, 7) is 1.88. The second-order valence-corrected chi connectivity index (χ2v) is 6.26. The van der Waals surface area contributed by atoms with Crippen LogP contribution in [0.2, 0.25) is 0 Å². The number of hydrogen-bond acceptors (Lipinski definition) is 6. The quantitative estimate of drug-likeness (QED) is 0.486. The van der Waals surface area contributed by atoms with Crippen molar-refractivity contribution in [3.8, 4) is 17.1 Å². The normalized spacial score (nSPS) is 10.7. The lowest BCUT2D eigenvalue weighted by Crippen LogP contribution is -2.23. The van der Waals surface area contributed by atoms with Crippen LogP contribution in [-0.4, -0.2) is 33.3 Å². The SMILES string of the molecule is CNC(=O)Oc1nc(Nc2cc(C)[nH]n2)c2c(-c3ccc(F)cc3)cccc2n1. The van der Waals surface area contributed by atoms with E-state index in [1.165, 1.54) is 19.2 Å². The molecule has 0 bridgehead atoms. The number of rotatable bonds is 4. The van der Waals surface area contributed by atoms with Crippen molar-refractivity contribution in [2.45, 2.75) is 6.92 Å². The largest absolute Gasteiger partial charge is 0.414 e. The predicted molar refractivity (Wildman–Crippen MR) is 107 cm³/mol. The van der Waals surface area contributed by atoms with Gasteiger partial charge in [-0.15, -0.1) is 0 Å². The highest BCUT2D eigenvalue weighted by atomic mass is 19.1. The van der Waals surface area contributed by atoms with Crippen LogP contribution in [0.15, 0.2) is 48.5 Å². The van der Waals surface area contributed by atoms with Crippen molar-refractivity contribution in [1.82, 2.24) is 25.5 Å². The van der Waals surface area contributed by atoms with Gasteiger partial charge in [-0.05, 0) is 36.2 Å². The maximum absolute atomic E-state index is 13.4. The van der Waals surface area contributed by atoms with Crippen LogP contribution in [0.5, 0.6) is 6.01 Å². The summed E-state index contributed by atoms with van der Waals surface area (Å²) in [6, 6.07) is 13.3. The number of carbonyl (C=O) groups is 1. The lowest BCUT2D eigenvalue weighted by Gasteiger charge is -2.13. The number of aromatic nitrogens is 4. The standard InChI is InChI=1S/C20H17FN6O2/c1-11-10-16(27-26-11)24-18-17-14(12-6-8-13(21)9-7-12)4-3-5-15(17)23-19(25-18)29-20(28)22-2/h3-10H,1-2H3,(H,22,28)(H2,23,24,25,26,27). The Hall–Kier alpha value is -4.01. The van der Waals surface area contributed by atoms with Gasteiger partial charge in [0.1, 0.15) is 11.6 Å². The molecule has 0 saturated carbocycles. The van der Waals surface area contributed by atoms with Crippen LogP contribution in [0.25, 0.3) is 22.0 Å². The summed E-state index contributed by atoms with van der Waals surface area (Å²) in [5, 5.41) is 13.2. The van der Waals surface area contributed by atoms with Crippen LogP contribution >= 0.6 is 0 Å². The number of fused-ring (bicyclic) bond motifs is 1. The molecule has 4 aromatic rings. The average Bonchev–Trinajstić information content (AvgIpc) is 3.12. The molecule has 0 fully saturated rings. The second-order valence-electron chi connectivity index (χ2n) is 6.26. The summed E-state index contributed by atoms with van der Waals surface area (Å²) in [4.78, 5) is 20.3. The molecule has 4 rings (SSSR count). The van der Waals surface area contributed by atoms with Crippen molar-refractivity contribution >= 4 is 28.6 Å². The predicted octanol–water partition coefficient (Wildman–Crippen LogP) is 3.93. The number of anilines is 2. The summed E-state index contributed by atoms with van der Waals surface area (Å²) in [5.41, 5.74) is 3.01. The molecule has 8 nitrogen and oxygen atoms in total. The highest BCUT2D eigenvalue weighted by Crippen LogP contribution is 2.34. The number of carbonyl (C=O) groups excluding carboxylic acids is 1. The van der Waals surface area contributed by atoms with Gasteiger partial charge >= 0.3 is 12.1 Å². The fourth-order valence-corrected chi connectivity index (χ4v) is 2.91. The third-order valence-electron chi connectivity index (χ3n) is 4.20. The van der Waals surface area contributed by atoms with Crippen LogP contribution in [0.1, 0.15) is 5.69 Å². The molecule has 0 unspecified atom stereocenters. The summed E-state index contributed by atoms with van der Waals surface area (Å²) in [7, 11) is 1.45. The molecular formula is C20H17FN6O2. The minimum atomic E-state index is -0.680. The Morgan fingerprint density at radius 3 is 2.62 bits per heavy atom. The zero-order valence-corrected chi connectivity index (χ0v) is 15.7. The maximum atomic E-state index is 13.4. The number of nitrogens with zero attached hydrogens (tertiary/aromatic N) is 3. The minimum Gasteiger partial charge on any atom is -0.374 e. The van der Waals surface area contributed by atoms with E-state index < -0.39 is 6.09 Å². The summed E-state index contributed by atoms with van der Waals surface area (Å²) in [6.07, 6.45) is -0.680. The smallest absolute Gasteiger partial charge is 0.374 e. The van der Waals surface area contributed by atoms with Crippen LogP contribution in [0.3, 0.4) is 0 Å². The van der Waals surface area contributed by atoms with Crippen molar-refractivity contribution in [3.63, 3.8) is 0 Å². The molecule has 2 aromatic heterocycles. The Balaban J connectivity index is 1.90. The second kappa shape index (κ2) is 7.55. The van der Waals surface area contributed by atoms with Gasteiger partial charge in [-0.3, -0.25) is 5.10 Å². The third-order valence-corrected chi connectivity index (χ3v) is 4.20. The molecule has 0 radical (unpaired) electrons. The molecule has 146 valence electrons. The van der Waals surface area contributed by atoms with Crippen LogP contribution in [0, 0.1) is 12.7 Å². The molecule has 1 amide bonds. The Labute approximate surface area is 165 Å². The summed E-state index contributed by atoms with van der Waals surface area (Å²) in [5.74, 6) is 0.625. The molecule has 0 spiro atoms. The molecule has 0 aliphatic carbocycles. The minimum absolute atomic E-state index is 0.108.